The third-order valence-electron chi connectivity index (χ3n) is 5.20. The molecule has 0 bridgehead atoms. The number of hydrogen-bond donors (Lipinski definition) is 4. The third-order valence-corrected chi connectivity index (χ3v) is 5.20. The van der Waals surface area contributed by atoms with Crippen LogP contribution in [0.25, 0.3) is 0 Å². The van der Waals surface area contributed by atoms with Gasteiger partial charge in [0.2, 0.25) is 0 Å². The van der Waals surface area contributed by atoms with E-state index in [1.54, 1.807) is 6.20 Å². The maximum atomic E-state index is 12.2. The van der Waals surface area contributed by atoms with Crippen LogP contribution in [-0.2, 0) is 16.1 Å². The lowest BCUT2D eigenvalue weighted by Gasteiger charge is -2.07. The number of aromatic nitrogens is 1. The lowest BCUT2D eigenvalue weighted by Crippen LogP contribution is -2.21. The lowest BCUT2D eigenvalue weighted by atomic mass is 10.1. The van der Waals surface area contributed by atoms with E-state index in [4.69, 9.17) is 19.8 Å². The minimum Gasteiger partial charge on any atom is -0.475 e. The van der Waals surface area contributed by atoms with E-state index in [0.29, 0.717) is 17.5 Å². The number of rotatable bonds is 6. The summed E-state index contributed by atoms with van der Waals surface area (Å²) in [6, 6.07) is 22.0. The molecule has 4 rings (SSSR count). The van der Waals surface area contributed by atoms with Crippen LogP contribution in [0.2, 0.25) is 0 Å². The molecule has 0 saturated heterocycles. The van der Waals surface area contributed by atoms with Gasteiger partial charge in [0.05, 0.1) is 0 Å². The van der Waals surface area contributed by atoms with Crippen LogP contribution in [-0.4, -0.2) is 51.4 Å². The SMILES string of the molecule is O=C(Nc1ccc([C@@H]2C[C@H]2NCc2cccnc2)cc1)c1ccccc1.O=C(O)C(F)(F)F.O=C(O)C(F)(F)F. The molecule has 1 amide bonds. The second-order valence-electron chi connectivity index (χ2n) is 8.24. The van der Waals surface area contributed by atoms with Crippen LogP contribution in [0.5, 0.6) is 0 Å². The molecule has 214 valence electrons. The molecule has 14 heteroatoms. The van der Waals surface area contributed by atoms with Crippen molar-refractivity contribution in [2.75, 3.05) is 5.32 Å². The Bertz CT molecular complexity index is 1230. The van der Waals surface area contributed by atoms with Gasteiger partial charge in [-0.25, -0.2) is 9.59 Å². The molecule has 8 nitrogen and oxygen atoms in total. The number of halogens is 6. The van der Waals surface area contributed by atoms with Crippen LogP contribution in [0.3, 0.4) is 0 Å². The highest BCUT2D eigenvalue weighted by Gasteiger charge is 2.39. The van der Waals surface area contributed by atoms with E-state index < -0.39 is 24.3 Å². The average molecular weight is 571 g/mol. The molecule has 1 aliphatic carbocycles. The summed E-state index contributed by atoms with van der Waals surface area (Å²) in [5.74, 6) is -5.05. The zero-order valence-corrected chi connectivity index (χ0v) is 20.4. The number of carbonyl (C=O) groups excluding carboxylic acids is 1. The predicted molar refractivity (Wildman–Crippen MR) is 130 cm³/mol. The van der Waals surface area contributed by atoms with Gasteiger partial charge in [-0.05, 0) is 47.9 Å². The number of benzene rings is 2. The van der Waals surface area contributed by atoms with Crippen LogP contribution >= 0.6 is 0 Å². The van der Waals surface area contributed by atoms with E-state index in [2.05, 4.69) is 33.8 Å². The Morgan fingerprint density at radius 2 is 1.38 bits per heavy atom. The molecule has 0 unspecified atom stereocenters. The van der Waals surface area contributed by atoms with Gasteiger partial charge in [-0.15, -0.1) is 0 Å². The first-order valence-electron chi connectivity index (χ1n) is 11.4. The number of carbonyl (C=O) groups is 3. The molecular weight excluding hydrogens is 548 g/mol. The van der Waals surface area contributed by atoms with E-state index in [-0.39, 0.29) is 5.91 Å². The molecule has 0 spiro atoms. The number of aliphatic carboxylic acids is 2. The van der Waals surface area contributed by atoms with Crippen molar-refractivity contribution in [3.8, 4) is 0 Å². The minimum atomic E-state index is -5.08. The summed E-state index contributed by atoms with van der Waals surface area (Å²) in [4.78, 5) is 34.1. The molecule has 1 heterocycles. The summed E-state index contributed by atoms with van der Waals surface area (Å²) in [6.07, 6.45) is -5.33. The fraction of sp³-hybridized carbons (Fsp3) is 0.231. The Morgan fingerprint density at radius 3 is 1.85 bits per heavy atom. The first-order valence-corrected chi connectivity index (χ1v) is 11.4. The van der Waals surface area contributed by atoms with Crippen molar-refractivity contribution in [1.82, 2.24) is 10.3 Å². The highest BCUT2D eigenvalue weighted by atomic mass is 19.4. The second-order valence-corrected chi connectivity index (χ2v) is 8.24. The molecule has 1 saturated carbocycles. The molecule has 4 N–H and O–H groups in total. The Kier molecular flexibility index (Phi) is 11.2. The number of anilines is 1. The van der Waals surface area contributed by atoms with Crippen molar-refractivity contribution >= 4 is 23.5 Å². The second kappa shape index (κ2) is 14.1. The Morgan fingerprint density at radius 1 is 0.825 bits per heavy atom. The van der Waals surface area contributed by atoms with Gasteiger partial charge in [-0.2, -0.15) is 26.3 Å². The van der Waals surface area contributed by atoms with Gasteiger partial charge in [0.15, 0.2) is 0 Å². The highest BCUT2D eigenvalue weighted by Crippen LogP contribution is 2.41. The summed E-state index contributed by atoms with van der Waals surface area (Å²) in [7, 11) is 0. The average Bonchev–Trinajstić information content (AvgIpc) is 3.68. The van der Waals surface area contributed by atoms with Gasteiger partial charge in [0.1, 0.15) is 0 Å². The monoisotopic (exact) mass is 571 g/mol. The van der Waals surface area contributed by atoms with Crippen molar-refractivity contribution in [1.29, 1.82) is 0 Å². The first kappa shape index (κ1) is 31.8. The minimum absolute atomic E-state index is 0.0826. The number of nitrogens with zero attached hydrogens (tertiary/aromatic N) is 1. The lowest BCUT2D eigenvalue weighted by molar-refractivity contribution is -0.193. The summed E-state index contributed by atoms with van der Waals surface area (Å²) in [5.41, 5.74) is 4.00. The van der Waals surface area contributed by atoms with E-state index in [1.165, 1.54) is 11.1 Å². The van der Waals surface area contributed by atoms with Crippen LogP contribution in [0.4, 0.5) is 32.0 Å². The van der Waals surface area contributed by atoms with E-state index in [9.17, 15) is 31.1 Å². The van der Waals surface area contributed by atoms with Crippen molar-refractivity contribution in [3.05, 3.63) is 95.8 Å². The quantitative estimate of drug-likeness (QED) is 0.298. The first-order chi connectivity index (χ1) is 18.7. The Balaban J connectivity index is 0.000000333. The number of hydrogen-bond acceptors (Lipinski definition) is 5. The van der Waals surface area contributed by atoms with Crippen LogP contribution < -0.4 is 10.6 Å². The zero-order chi connectivity index (χ0) is 29.9. The number of pyridine rings is 1. The van der Waals surface area contributed by atoms with Gasteiger partial charge in [-0.3, -0.25) is 9.78 Å². The number of carboxylic acid groups (broad SMARTS) is 2. The molecule has 1 aliphatic rings. The molecule has 3 aromatic rings. The van der Waals surface area contributed by atoms with Crippen molar-refractivity contribution in [2.45, 2.75) is 37.3 Å². The van der Waals surface area contributed by atoms with Gasteiger partial charge >= 0.3 is 24.3 Å². The van der Waals surface area contributed by atoms with E-state index in [1.807, 2.05) is 54.7 Å². The fourth-order valence-electron chi connectivity index (χ4n) is 3.15. The molecule has 0 radical (unpaired) electrons. The highest BCUT2D eigenvalue weighted by molar-refractivity contribution is 6.04. The van der Waals surface area contributed by atoms with Gasteiger partial charge in [0.25, 0.3) is 5.91 Å². The normalized spacial score (nSPS) is 15.8. The molecule has 2 aromatic carbocycles. The summed E-state index contributed by atoms with van der Waals surface area (Å²) in [6.45, 7) is 0.847. The summed E-state index contributed by atoms with van der Waals surface area (Å²) < 4.78 is 63.5. The van der Waals surface area contributed by atoms with E-state index >= 15 is 0 Å². The molecule has 0 aliphatic heterocycles. The van der Waals surface area contributed by atoms with Crippen LogP contribution in [0.1, 0.15) is 33.8 Å². The number of nitrogens with one attached hydrogen (secondary N) is 2. The number of alkyl halides is 6. The molecule has 1 fully saturated rings. The van der Waals surface area contributed by atoms with E-state index in [0.717, 1.165) is 18.7 Å². The molecular formula is C26H23F6N3O5. The van der Waals surface area contributed by atoms with Gasteiger partial charge in [0, 0.05) is 42.1 Å². The summed E-state index contributed by atoms with van der Waals surface area (Å²) in [5, 5.41) is 20.8. The van der Waals surface area contributed by atoms with Gasteiger partial charge in [-0.1, -0.05) is 36.4 Å². The predicted octanol–water partition coefficient (Wildman–Crippen LogP) is 5.25. The number of carboxylic acids is 2. The smallest absolute Gasteiger partial charge is 0.475 e. The molecule has 2 atom stereocenters. The van der Waals surface area contributed by atoms with Crippen LogP contribution in [0, 0.1) is 0 Å². The maximum absolute atomic E-state index is 12.2. The van der Waals surface area contributed by atoms with Crippen molar-refractivity contribution in [3.63, 3.8) is 0 Å². The zero-order valence-electron chi connectivity index (χ0n) is 20.4. The topological polar surface area (TPSA) is 129 Å². The van der Waals surface area contributed by atoms with Crippen molar-refractivity contribution in [2.24, 2.45) is 0 Å². The Hall–Kier alpha value is -4.46. The van der Waals surface area contributed by atoms with Crippen molar-refractivity contribution < 1.29 is 50.9 Å². The molecule has 1 aromatic heterocycles. The summed E-state index contributed by atoms with van der Waals surface area (Å²) >= 11 is 0. The Labute approximate surface area is 223 Å². The third kappa shape index (κ3) is 11.1. The number of amides is 1. The standard InChI is InChI=1S/C22H21N3O.2C2HF3O2/c26-22(18-6-2-1-3-7-18)25-19-10-8-17(9-11-19)20-13-21(20)24-15-16-5-4-12-23-14-16;2*3-2(4,5)1(6)7/h1-12,14,20-21,24H,13,15H2,(H,25,26);2*(H,6,7)/t20-,21+;;/m0../s1. The largest absolute Gasteiger partial charge is 0.490 e. The maximum Gasteiger partial charge on any atom is 0.490 e. The fourth-order valence-corrected chi connectivity index (χ4v) is 3.15. The van der Waals surface area contributed by atoms with Crippen LogP contribution in [0.15, 0.2) is 79.1 Å². The van der Waals surface area contributed by atoms with Gasteiger partial charge < -0.3 is 20.8 Å². The molecule has 40 heavy (non-hydrogen) atoms.